The average molecular weight is 317 g/mol. The van der Waals surface area contributed by atoms with E-state index in [4.69, 9.17) is 4.74 Å². The zero-order valence-corrected chi connectivity index (χ0v) is 14.0. The first-order chi connectivity index (χ1) is 11.3. The molecule has 0 unspecified atom stereocenters. The van der Waals surface area contributed by atoms with Gasteiger partial charge in [0.2, 0.25) is 5.91 Å². The molecule has 4 heterocycles. The molecule has 0 aliphatic carbocycles. The number of rotatable bonds is 6. The van der Waals surface area contributed by atoms with Gasteiger partial charge in [-0.3, -0.25) is 14.7 Å². The van der Waals surface area contributed by atoms with Crippen LogP contribution in [-0.2, 0) is 16.1 Å². The molecule has 1 aromatic heterocycles. The van der Waals surface area contributed by atoms with Gasteiger partial charge in [-0.2, -0.15) is 0 Å². The van der Waals surface area contributed by atoms with Gasteiger partial charge in [-0.05, 0) is 43.4 Å². The lowest BCUT2D eigenvalue weighted by atomic mass is 9.95. The molecule has 3 saturated heterocycles. The number of hydrogen-bond acceptors (Lipinski definition) is 4. The van der Waals surface area contributed by atoms with E-state index in [2.05, 4.69) is 26.9 Å². The van der Waals surface area contributed by atoms with Gasteiger partial charge in [0.1, 0.15) is 0 Å². The zero-order chi connectivity index (χ0) is 16.1. The molecule has 0 aromatic carbocycles. The van der Waals surface area contributed by atoms with Crippen LogP contribution in [0.4, 0.5) is 0 Å². The molecule has 3 fully saturated rings. The minimum atomic E-state index is 0.263. The molecule has 4 rings (SSSR count). The lowest BCUT2D eigenvalue weighted by molar-refractivity contribution is -0.136. The highest BCUT2D eigenvalue weighted by molar-refractivity contribution is 5.76. The van der Waals surface area contributed by atoms with Crippen molar-refractivity contribution in [1.29, 1.82) is 0 Å². The molecule has 3 aliphatic heterocycles. The van der Waals surface area contributed by atoms with E-state index in [1.807, 2.05) is 19.3 Å². The Kier molecular flexibility index (Phi) is 5.62. The van der Waals surface area contributed by atoms with Crippen LogP contribution in [0.3, 0.4) is 0 Å². The van der Waals surface area contributed by atoms with Crippen LogP contribution in [0.5, 0.6) is 0 Å². The minimum Gasteiger partial charge on any atom is -0.381 e. The fourth-order valence-corrected chi connectivity index (χ4v) is 3.81. The molecule has 0 radical (unpaired) electrons. The number of carbonyl (C=O) groups excluding carboxylic acids is 1. The Hall–Kier alpha value is -1.46. The van der Waals surface area contributed by atoms with E-state index in [9.17, 15) is 4.79 Å². The summed E-state index contributed by atoms with van der Waals surface area (Å²) in [4.78, 5) is 21.2. The average Bonchev–Trinajstić information content (AvgIpc) is 2.86. The van der Waals surface area contributed by atoms with Crippen molar-refractivity contribution in [1.82, 2.24) is 14.8 Å². The molecule has 0 N–H and O–H groups in total. The fourth-order valence-electron chi connectivity index (χ4n) is 3.81. The van der Waals surface area contributed by atoms with Crippen molar-refractivity contribution in [2.24, 2.45) is 5.92 Å². The van der Waals surface area contributed by atoms with Crippen LogP contribution in [0, 0.1) is 5.92 Å². The molecule has 5 heteroatoms. The van der Waals surface area contributed by atoms with Crippen molar-refractivity contribution in [3.63, 3.8) is 0 Å². The lowest BCUT2D eigenvalue weighted by Crippen LogP contribution is -2.47. The number of aromatic nitrogens is 1. The number of hydrogen-bond donors (Lipinski definition) is 0. The first kappa shape index (κ1) is 16.4. The second-order valence-corrected chi connectivity index (χ2v) is 6.64. The van der Waals surface area contributed by atoms with Gasteiger partial charge in [-0.1, -0.05) is 0 Å². The van der Waals surface area contributed by atoms with Gasteiger partial charge in [-0.15, -0.1) is 0 Å². The first-order valence-electron chi connectivity index (χ1n) is 8.74. The van der Waals surface area contributed by atoms with Crippen molar-refractivity contribution >= 4 is 5.91 Å². The van der Waals surface area contributed by atoms with Gasteiger partial charge in [0.25, 0.3) is 0 Å². The molecule has 0 spiro atoms. The van der Waals surface area contributed by atoms with E-state index in [0.29, 0.717) is 31.6 Å². The molecule has 0 saturated carbocycles. The van der Waals surface area contributed by atoms with Gasteiger partial charge in [0.05, 0.1) is 13.0 Å². The maximum atomic E-state index is 12.5. The lowest BCUT2D eigenvalue weighted by Gasteiger charge is -2.36. The number of carbonyl (C=O) groups is 1. The summed E-state index contributed by atoms with van der Waals surface area (Å²) in [5.74, 6) is 0.866. The van der Waals surface area contributed by atoms with Crippen LogP contribution in [0.15, 0.2) is 24.5 Å². The molecular formula is C18H27N3O2. The third-order valence-electron chi connectivity index (χ3n) is 4.93. The van der Waals surface area contributed by atoms with E-state index in [0.717, 1.165) is 32.6 Å². The standard InChI is InChI=1S/C18H27N3O2/c1-2-23-10-7-18(22)21-13-16-3-4-17(21)14-20(12-16)11-15-5-8-19-9-6-15/h5-6,8-9,16-17H,2-4,7,10-14H2,1H3/t16-,17+/m0/s1. The van der Waals surface area contributed by atoms with Crippen molar-refractivity contribution in [3.05, 3.63) is 30.1 Å². The van der Waals surface area contributed by atoms with E-state index >= 15 is 0 Å². The molecule has 2 bridgehead atoms. The maximum absolute atomic E-state index is 12.5. The molecule has 126 valence electrons. The van der Waals surface area contributed by atoms with Crippen LogP contribution in [0.1, 0.15) is 31.7 Å². The summed E-state index contributed by atoms with van der Waals surface area (Å²) < 4.78 is 5.34. The Morgan fingerprint density at radius 1 is 1.26 bits per heavy atom. The third kappa shape index (κ3) is 4.30. The highest BCUT2D eigenvalue weighted by atomic mass is 16.5. The SMILES string of the molecule is CCOCCC(=O)N1C[C@H]2CC[C@@H]1CN(Cc1ccncc1)C2. The number of pyridine rings is 1. The summed E-state index contributed by atoms with van der Waals surface area (Å²) in [5, 5.41) is 0. The summed E-state index contributed by atoms with van der Waals surface area (Å²) in [6, 6.07) is 4.53. The van der Waals surface area contributed by atoms with Crippen molar-refractivity contribution < 1.29 is 9.53 Å². The number of piperidine rings is 1. The van der Waals surface area contributed by atoms with Gasteiger partial charge >= 0.3 is 0 Å². The predicted molar refractivity (Wildman–Crippen MR) is 88.8 cm³/mol. The second kappa shape index (κ2) is 7.88. The van der Waals surface area contributed by atoms with E-state index in [1.165, 1.54) is 12.0 Å². The van der Waals surface area contributed by atoms with Crippen molar-refractivity contribution in [2.75, 3.05) is 32.8 Å². The van der Waals surface area contributed by atoms with Gasteiger partial charge < -0.3 is 9.64 Å². The minimum absolute atomic E-state index is 0.263. The third-order valence-corrected chi connectivity index (χ3v) is 4.93. The van der Waals surface area contributed by atoms with Gasteiger partial charge in [-0.25, -0.2) is 0 Å². The predicted octanol–water partition coefficient (Wildman–Crippen LogP) is 1.93. The maximum Gasteiger partial charge on any atom is 0.225 e. The monoisotopic (exact) mass is 317 g/mol. The molecule has 2 atom stereocenters. The van der Waals surface area contributed by atoms with Crippen molar-refractivity contribution in [2.45, 2.75) is 38.8 Å². The second-order valence-electron chi connectivity index (χ2n) is 6.64. The Morgan fingerprint density at radius 2 is 2.09 bits per heavy atom. The molecule has 1 amide bonds. The summed E-state index contributed by atoms with van der Waals surface area (Å²) in [5.41, 5.74) is 1.30. The normalized spacial score (nSPS) is 24.7. The summed E-state index contributed by atoms with van der Waals surface area (Å²) in [6.07, 6.45) is 6.60. The molecule has 5 nitrogen and oxygen atoms in total. The molecule has 3 aliphatic rings. The first-order valence-corrected chi connectivity index (χ1v) is 8.74. The van der Waals surface area contributed by atoms with Crippen LogP contribution in [0.2, 0.25) is 0 Å². The van der Waals surface area contributed by atoms with Crippen LogP contribution in [-0.4, -0.2) is 59.6 Å². The summed E-state index contributed by atoms with van der Waals surface area (Å²) in [7, 11) is 0. The van der Waals surface area contributed by atoms with Crippen LogP contribution < -0.4 is 0 Å². The summed E-state index contributed by atoms with van der Waals surface area (Å²) in [6.45, 7) is 7.14. The van der Waals surface area contributed by atoms with E-state index in [1.54, 1.807) is 0 Å². The Balaban J connectivity index is 1.60. The topological polar surface area (TPSA) is 45.7 Å². The molecule has 23 heavy (non-hydrogen) atoms. The molecule has 1 aromatic rings. The number of fused-ring (bicyclic) bond motifs is 4. The van der Waals surface area contributed by atoms with Crippen LogP contribution in [0.25, 0.3) is 0 Å². The van der Waals surface area contributed by atoms with Gasteiger partial charge in [0.15, 0.2) is 0 Å². The van der Waals surface area contributed by atoms with Crippen molar-refractivity contribution in [3.8, 4) is 0 Å². The molecular weight excluding hydrogens is 290 g/mol. The van der Waals surface area contributed by atoms with Crippen LogP contribution >= 0.6 is 0 Å². The largest absolute Gasteiger partial charge is 0.381 e. The quantitative estimate of drug-likeness (QED) is 0.752. The van der Waals surface area contributed by atoms with E-state index in [-0.39, 0.29) is 5.91 Å². The highest BCUT2D eigenvalue weighted by Gasteiger charge is 2.36. The number of nitrogens with zero attached hydrogens (tertiary/aromatic N) is 3. The number of ether oxygens (including phenoxy) is 1. The van der Waals surface area contributed by atoms with Gasteiger partial charge in [0, 0.05) is 51.2 Å². The highest BCUT2D eigenvalue weighted by Crippen LogP contribution is 2.29. The smallest absolute Gasteiger partial charge is 0.225 e. The fraction of sp³-hybridized carbons (Fsp3) is 0.667. The Morgan fingerprint density at radius 3 is 2.87 bits per heavy atom. The summed E-state index contributed by atoms with van der Waals surface area (Å²) >= 11 is 0. The zero-order valence-electron chi connectivity index (χ0n) is 14.0. The Labute approximate surface area is 138 Å². The number of amides is 1. The van der Waals surface area contributed by atoms with E-state index < -0.39 is 0 Å². The Bertz CT molecular complexity index is 508.